The predicted octanol–water partition coefficient (Wildman–Crippen LogP) is 4.04. The van der Waals surface area contributed by atoms with E-state index in [1.807, 2.05) is 20.8 Å². The SMILES string of the molecule is C=CCCC(=NS(=O)C(C)(C)C)c1ccccc1F. The van der Waals surface area contributed by atoms with E-state index in [1.54, 1.807) is 24.3 Å². The van der Waals surface area contributed by atoms with Crippen LogP contribution in [0, 0.1) is 5.82 Å². The van der Waals surface area contributed by atoms with Crippen molar-refractivity contribution >= 4 is 16.7 Å². The first kappa shape index (κ1) is 15.8. The minimum absolute atomic E-state index is 0.337. The van der Waals surface area contributed by atoms with Gasteiger partial charge in [0.1, 0.15) is 16.8 Å². The molecule has 104 valence electrons. The molecule has 0 fully saturated rings. The van der Waals surface area contributed by atoms with Gasteiger partial charge in [-0.25, -0.2) is 8.60 Å². The molecule has 1 atom stereocenters. The van der Waals surface area contributed by atoms with E-state index < -0.39 is 15.7 Å². The first-order valence-corrected chi connectivity index (χ1v) is 7.32. The Bertz CT molecular complexity index is 503. The normalized spacial score (nSPS) is 14.2. The molecule has 19 heavy (non-hydrogen) atoms. The van der Waals surface area contributed by atoms with E-state index in [1.165, 1.54) is 6.07 Å². The Morgan fingerprint density at radius 1 is 1.42 bits per heavy atom. The lowest BCUT2D eigenvalue weighted by atomic mass is 10.1. The van der Waals surface area contributed by atoms with Gasteiger partial charge in [0.25, 0.3) is 0 Å². The fourth-order valence-electron chi connectivity index (χ4n) is 1.40. The summed E-state index contributed by atoms with van der Waals surface area (Å²) in [7, 11) is -1.39. The molecule has 1 aromatic rings. The standard InChI is InChI=1S/C15H20FNOS/c1-5-6-11-14(17-19(18)15(2,3)4)12-9-7-8-10-13(12)16/h5,7-10H,1,6,11H2,2-4H3. The van der Waals surface area contributed by atoms with Crippen LogP contribution in [-0.4, -0.2) is 14.7 Å². The number of hydrogen-bond donors (Lipinski definition) is 0. The zero-order chi connectivity index (χ0) is 14.5. The van der Waals surface area contributed by atoms with Crippen LogP contribution in [0.25, 0.3) is 0 Å². The Morgan fingerprint density at radius 2 is 2.05 bits per heavy atom. The minimum Gasteiger partial charge on any atom is -0.234 e. The van der Waals surface area contributed by atoms with Gasteiger partial charge in [-0.05, 0) is 39.7 Å². The molecule has 0 aliphatic heterocycles. The van der Waals surface area contributed by atoms with Crippen molar-refractivity contribution in [3.05, 3.63) is 48.3 Å². The van der Waals surface area contributed by atoms with E-state index in [0.29, 0.717) is 24.1 Å². The molecule has 1 rings (SSSR count). The fourth-order valence-corrected chi connectivity index (χ4v) is 2.06. The van der Waals surface area contributed by atoms with E-state index in [2.05, 4.69) is 11.0 Å². The molecule has 1 aromatic carbocycles. The van der Waals surface area contributed by atoms with Crippen molar-refractivity contribution in [1.82, 2.24) is 0 Å². The highest BCUT2D eigenvalue weighted by molar-refractivity contribution is 7.85. The Hall–Kier alpha value is -1.29. The van der Waals surface area contributed by atoms with Crippen LogP contribution in [0.4, 0.5) is 4.39 Å². The molecule has 4 heteroatoms. The monoisotopic (exact) mass is 281 g/mol. The first-order chi connectivity index (χ1) is 8.86. The Kier molecular flexibility index (Phi) is 5.60. The Labute approximate surface area is 117 Å². The van der Waals surface area contributed by atoms with Crippen molar-refractivity contribution in [1.29, 1.82) is 0 Å². The molecule has 0 spiro atoms. The molecule has 0 aromatic heterocycles. The molecule has 2 nitrogen and oxygen atoms in total. The van der Waals surface area contributed by atoms with E-state index in [0.717, 1.165) is 0 Å². The molecule has 0 saturated heterocycles. The van der Waals surface area contributed by atoms with Crippen molar-refractivity contribution in [2.24, 2.45) is 4.40 Å². The maximum atomic E-state index is 13.8. The topological polar surface area (TPSA) is 29.4 Å². The molecular weight excluding hydrogens is 261 g/mol. The van der Waals surface area contributed by atoms with E-state index in [9.17, 15) is 8.60 Å². The van der Waals surface area contributed by atoms with Gasteiger partial charge in [-0.2, -0.15) is 4.40 Å². The van der Waals surface area contributed by atoms with Gasteiger partial charge in [0.15, 0.2) is 0 Å². The van der Waals surface area contributed by atoms with E-state index in [4.69, 9.17) is 0 Å². The molecule has 0 saturated carbocycles. The summed E-state index contributed by atoms with van der Waals surface area (Å²) in [5.41, 5.74) is 0.952. The summed E-state index contributed by atoms with van der Waals surface area (Å²) in [5, 5.41) is 0. The number of hydrogen-bond acceptors (Lipinski definition) is 1. The zero-order valence-corrected chi connectivity index (χ0v) is 12.5. The van der Waals surface area contributed by atoms with Crippen LogP contribution in [-0.2, 0) is 11.0 Å². The largest absolute Gasteiger partial charge is 0.234 e. The Balaban J connectivity index is 3.15. The molecule has 1 unspecified atom stereocenters. The highest BCUT2D eigenvalue weighted by atomic mass is 32.2. The minimum atomic E-state index is -1.39. The molecule has 0 heterocycles. The number of halogens is 1. The molecule has 0 radical (unpaired) electrons. The average molecular weight is 281 g/mol. The van der Waals surface area contributed by atoms with Gasteiger partial charge >= 0.3 is 0 Å². The van der Waals surface area contributed by atoms with Crippen LogP contribution in [0.1, 0.15) is 39.2 Å². The predicted molar refractivity (Wildman–Crippen MR) is 80.3 cm³/mol. The second kappa shape index (κ2) is 6.75. The van der Waals surface area contributed by atoms with Crippen LogP contribution in [0.3, 0.4) is 0 Å². The maximum absolute atomic E-state index is 13.8. The lowest BCUT2D eigenvalue weighted by molar-refractivity contribution is 0.624. The van der Waals surface area contributed by atoms with Crippen LogP contribution in [0.2, 0.25) is 0 Å². The van der Waals surface area contributed by atoms with Gasteiger partial charge in [-0.3, -0.25) is 0 Å². The highest BCUT2D eigenvalue weighted by Crippen LogP contribution is 2.17. The van der Waals surface area contributed by atoms with Gasteiger partial charge in [0.05, 0.1) is 10.5 Å². The lowest BCUT2D eigenvalue weighted by Gasteiger charge is -2.15. The van der Waals surface area contributed by atoms with Crippen molar-refractivity contribution in [3.63, 3.8) is 0 Å². The molecule has 0 aliphatic carbocycles. The molecule has 0 aliphatic rings. The van der Waals surface area contributed by atoms with Gasteiger partial charge in [-0.15, -0.1) is 6.58 Å². The highest BCUT2D eigenvalue weighted by Gasteiger charge is 2.20. The second-order valence-electron chi connectivity index (χ2n) is 5.21. The summed E-state index contributed by atoms with van der Waals surface area (Å²) in [6.45, 7) is 9.19. The summed E-state index contributed by atoms with van der Waals surface area (Å²) >= 11 is 0. The van der Waals surface area contributed by atoms with Crippen LogP contribution >= 0.6 is 0 Å². The van der Waals surface area contributed by atoms with Crippen LogP contribution < -0.4 is 0 Å². The number of allylic oxidation sites excluding steroid dienone is 1. The van der Waals surface area contributed by atoms with Crippen molar-refractivity contribution in [2.45, 2.75) is 38.4 Å². The third kappa shape index (κ3) is 4.71. The molecule has 0 N–H and O–H groups in total. The summed E-state index contributed by atoms with van der Waals surface area (Å²) < 4.78 is 29.7. The number of benzene rings is 1. The summed E-state index contributed by atoms with van der Waals surface area (Å²) in [6, 6.07) is 6.43. The van der Waals surface area contributed by atoms with E-state index >= 15 is 0 Å². The smallest absolute Gasteiger partial charge is 0.145 e. The van der Waals surface area contributed by atoms with Gasteiger partial charge in [0, 0.05) is 5.56 Å². The fraction of sp³-hybridized carbons (Fsp3) is 0.400. The van der Waals surface area contributed by atoms with Gasteiger partial charge in [-0.1, -0.05) is 24.3 Å². The third-order valence-corrected chi connectivity index (χ3v) is 3.92. The second-order valence-corrected chi connectivity index (χ2v) is 7.11. The number of rotatable bonds is 5. The third-order valence-electron chi connectivity index (χ3n) is 2.49. The van der Waals surface area contributed by atoms with Crippen molar-refractivity contribution in [2.75, 3.05) is 0 Å². The first-order valence-electron chi connectivity index (χ1n) is 6.21. The maximum Gasteiger partial charge on any atom is 0.145 e. The van der Waals surface area contributed by atoms with Gasteiger partial charge in [0.2, 0.25) is 0 Å². The van der Waals surface area contributed by atoms with Crippen LogP contribution in [0.5, 0.6) is 0 Å². The molecule has 0 amide bonds. The summed E-state index contributed by atoms with van der Waals surface area (Å²) in [5.74, 6) is -0.337. The van der Waals surface area contributed by atoms with Crippen molar-refractivity contribution < 1.29 is 8.60 Å². The average Bonchev–Trinajstić information content (AvgIpc) is 2.34. The van der Waals surface area contributed by atoms with Crippen molar-refractivity contribution in [3.8, 4) is 0 Å². The molecule has 0 bridgehead atoms. The molecular formula is C15H20FNOS. The number of nitrogens with zero attached hydrogens (tertiary/aromatic N) is 1. The van der Waals surface area contributed by atoms with Gasteiger partial charge < -0.3 is 0 Å². The lowest BCUT2D eigenvalue weighted by Crippen LogP contribution is -2.21. The Morgan fingerprint density at radius 3 is 2.58 bits per heavy atom. The quantitative estimate of drug-likeness (QED) is 0.591. The van der Waals surface area contributed by atoms with E-state index in [-0.39, 0.29) is 5.82 Å². The zero-order valence-electron chi connectivity index (χ0n) is 11.6. The van der Waals surface area contributed by atoms with Crippen LogP contribution in [0.15, 0.2) is 41.3 Å². The summed E-state index contributed by atoms with van der Waals surface area (Å²) in [6.07, 6.45) is 2.96. The summed E-state index contributed by atoms with van der Waals surface area (Å²) in [4.78, 5) is 0.